The summed E-state index contributed by atoms with van der Waals surface area (Å²) in [5.41, 5.74) is 3.58. The number of tetrazole rings is 1. The Hall–Kier alpha value is -2.54. The second-order valence-corrected chi connectivity index (χ2v) is 7.10. The van der Waals surface area contributed by atoms with Crippen LogP contribution in [0, 0.1) is 13.8 Å². The van der Waals surface area contributed by atoms with Gasteiger partial charge in [-0.1, -0.05) is 24.3 Å². The van der Waals surface area contributed by atoms with Crippen molar-refractivity contribution in [3.05, 3.63) is 63.6 Å². The highest BCUT2D eigenvalue weighted by molar-refractivity contribution is 7.09. The summed E-state index contributed by atoms with van der Waals surface area (Å²) in [5.74, 6) is 0.0546. The highest BCUT2D eigenvalue weighted by Gasteiger charge is 2.50. The first-order valence-electron chi connectivity index (χ1n) is 7.77. The van der Waals surface area contributed by atoms with Crippen molar-refractivity contribution in [2.24, 2.45) is 0 Å². The number of aromatic nitrogens is 4. The molecule has 0 aliphatic carbocycles. The van der Waals surface area contributed by atoms with E-state index in [1.165, 1.54) is 22.3 Å². The first-order valence-corrected chi connectivity index (χ1v) is 8.65. The van der Waals surface area contributed by atoms with E-state index in [0.29, 0.717) is 6.54 Å². The predicted octanol–water partition coefficient (Wildman–Crippen LogP) is 2.68. The minimum Gasteiger partial charge on any atom is -0.326 e. The molecule has 0 bridgehead atoms. The zero-order valence-electron chi connectivity index (χ0n) is 13.5. The first-order chi connectivity index (χ1) is 11.6. The lowest BCUT2D eigenvalue weighted by atomic mass is 9.87. The van der Waals surface area contributed by atoms with E-state index in [1.807, 2.05) is 16.3 Å². The summed E-state index contributed by atoms with van der Waals surface area (Å²) in [4.78, 5) is 15.8. The van der Waals surface area contributed by atoms with Crippen molar-refractivity contribution in [2.75, 3.05) is 0 Å². The smallest absolute Gasteiger partial charge is 0.251 e. The van der Waals surface area contributed by atoms with Crippen LogP contribution in [0.4, 0.5) is 0 Å². The van der Waals surface area contributed by atoms with E-state index in [4.69, 9.17) is 0 Å². The Morgan fingerprint density at radius 3 is 2.71 bits per heavy atom. The van der Waals surface area contributed by atoms with Crippen LogP contribution in [0.3, 0.4) is 0 Å². The number of benzene rings is 1. The van der Waals surface area contributed by atoms with Gasteiger partial charge in [0.2, 0.25) is 0 Å². The topological polar surface area (TPSA) is 63.9 Å². The van der Waals surface area contributed by atoms with Crippen LogP contribution in [0.1, 0.15) is 33.7 Å². The van der Waals surface area contributed by atoms with Crippen molar-refractivity contribution in [2.45, 2.75) is 32.5 Å². The summed E-state index contributed by atoms with van der Waals surface area (Å²) in [7, 11) is 0. The molecule has 2 atom stereocenters. The third kappa shape index (κ3) is 2.41. The van der Waals surface area contributed by atoms with Crippen molar-refractivity contribution in [3.63, 3.8) is 0 Å². The number of rotatable bonds is 4. The maximum Gasteiger partial charge on any atom is 0.251 e. The summed E-state index contributed by atoms with van der Waals surface area (Å²) >= 11 is 1.66. The number of nitrogens with zero attached hydrogens (tertiary/aromatic N) is 5. The van der Waals surface area contributed by atoms with Crippen LogP contribution in [-0.4, -0.2) is 31.0 Å². The fourth-order valence-corrected chi connectivity index (χ4v) is 3.84. The molecule has 1 aliphatic rings. The molecule has 1 aliphatic heterocycles. The van der Waals surface area contributed by atoms with E-state index in [2.05, 4.69) is 53.6 Å². The zero-order valence-corrected chi connectivity index (χ0v) is 14.3. The fourth-order valence-electron chi connectivity index (χ4n) is 3.14. The second-order valence-electron chi connectivity index (χ2n) is 6.07. The molecular formula is C17H17N5OS. The lowest BCUT2D eigenvalue weighted by molar-refractivity contribution is -0.157. The van der Waals surface area contributed by atoms with Crippen molar-refractivity contribution in [1.82, 2.24) is 25.1 Å². The van der Waals surface area contributed by atoms with E-state index in [0.717, 1.165) is 5.56 Å². The predicted molar refractivity (Wildman–Crippen MR) is 90.4 cm³/mol. The molecule has 1 fully saturated rings. The number of carbonyl (C=O) groups excluding carboxylic acids is 1. The minimum atomic E-state index is -0.373. The number of hydrogen-bond donors (Lipinski definition) is 0. The van der Waals surface area contributed by atoms with Gasteiger partial charge in [-0.15, -0.1) is 16.4 Å². The maximum atomic E-state index is 12.7. The van der Waals surface area contributed by atoms with Gasteiger partial charge in [0.05, 0.1) is 12.6 Å². The van der Waals surface area contributed by atoms with E-state index in [1.54, 1.807) is 16.0 Å². The van der Waals surface area contributed by atoms with Gasteiger partial charge in [-0.3, -0.25) is 4.79 Å². The summed E-state index contributed by atoms with van der Waals surface area (Å²) in [6.07, 6.45) is 1.51. The van der Waals surface area contributed by atoms with E-state index in [-0.39, 0.29) is 18.0 Å². The molecule has 0 saturated carbocycles. The lowest BCUT2D eigenvalue weighted by Crippen LogP contribution is -2.55. The quantitative estimate of drug-likeness (QED) is 0.686. The molecular weight excluding hydrogens is 322 g/mol. The molecule has 1 amide bonds. The van der Waals surface area contributed by atoms with Gasteiger partial charge in [-0.2, -0.15) is 0 Å². The van der Waals surface area contributed by atoms with E-state index < -0.39 is 0 Å². The number of thiophene rings is 1. The molecule has 3 aromatic rings. The SMILES string of the molecule is Cc1ccc([C@H]2[C@H](n3cnnn3)C(=O)N2Cc2cccs2)cc1C. The number of carbonyl (C=O) groups is 1. The lowest BCUT2D eigenvalue weighted by Gasteiger charge is -2.46. The van der Waals surface area contributed by atoms with Crippen LogP contribution < -0.4 is 0 Å². The summed E-state index contributed by atoms with van der Waals surface area (Å²) in [6.45, 7) is 4.80. The molecule has 1 saturated heterocycles. The third-order valence-electron chi connectivity index (χ3n) is 4.60. The monoisotopic (exact) mass is 339 g/mol. The molecule has 3 heterocycles. The van der Waals surface area contributed by atoms with Crippen LogP contribution in [-0.2, 0) is 11.3 Å². The van der Waals surface area contributed by atoms with Crippen LogP contribution in [0.2, 0.25) is 0 Å². The van der Waals surface area contributed by atoms with Crippen molar-refractivity contribution < 1.29 is 4.79 Å². The second kappa shape index (κ2) is 5.83. The number of likely N-dealkylation sites (tertiary alicyclic amines) is 1. The maximum absolute atomic E-state index is 12.7. The van der Waals surface area contributed by atoms with Gasteiger partial charge in [-0.05, 0) is 52.4 Å². The molecule has 7 heteroatoms. The van der Waals surface area contributed by atoms with E-state index >= 15 is 0 Å². The van der Waals surface area contributed by atoms with Crippen molar-refractivity contribution in [1.29, 1.82) is 0 Å². The molecule has 0 spiro atoms. The molecule has 4 rings (SSSR count). The molecule has 6 nitrogen and oxygen atoms in total. The Morgan fingerprint density at radius 2 is 2.04 bits per heavy atom. The average Bonchev–Trinajstić information content (AvgIpc) is 3.26. The highest BCUT2D eigenvalue weighted by Crippen LogP contribution is 2.44. The minimum absolute atomic E-state index is 0.0533. The van der Waals surface area contributed by atoms with Crippen LogP contribution in [0.5, 0.6) is 0 Å². The molecule has 0 unspecified atom stereocenters. The van der Waals surface area contributed by atoms with Gasteiger partial charge < -0.3 is 4.90 Å². The third-order valence-corrected chi connectivity index (χ3v) is 5.46. The van der Waals surface area contributed by atoms with Gasteiger partial charge in [-0.25, -0.2) is 4.68 Å². The molecule has 122 valence electrons. The number of aryl methyl sites for hydroxylation is 2. The molecule has 0 N–H and O–H groups in total. The number of hydrogen-bond acceptors (Lipinski definition) is 5. The molecule has 2 aromatic heterocycles. The van der Waals surface area contributed by atoms with Crippen molar-refractivity contribution >= 4 is 17.2 Å². The zero-order chi connectivity index (χ0) is 16.7. The molecule has 1 aromatic carbocycles. The average molecular weight is 339 g/mol. The fraction of sp³-hybridized carbons (Fsp3) is 0.294. The number of amides is 1. The summed E-state index contributed by atoms with van der Waals surface area (Å²) < 4.78 is 1.56. The van der Waals surface area contributed by atoms with E-state index in [9.17, 15) is 4.79 Å². The number of β-lactam (4-membered cyclic amide) rings is 1. The van der Waals surface area contributed by atoms with Gasteiger partial charge in [0.25, 0.3) is 5.91 Å². The van der Waals surface area contributed by atoms with Gasteiger partial charge >= 0.3 is 0 Å². The Balaban J connectivity index is 1.71. The first kappa shape index (κ1) is 15.0. The summed E-state index contributed by atoms with van der Waals surface area (Å²) in [6, 6.07) is 9.99. The Kier molecular flexibility index (Phi) is 3.65. The Bertz CT molecular complexity index is 859. The van der Waals surface area contributed by atoms with Gasteiger partial charge in [0.1, 0.15) is 6.33 Å². The normalized spacial score (nSPS) is 20.2. The standard InChI is InChI=1S/C17H17N5OS/c1-11-5-6-13(8-12(11)2)15-16(22-10-18-19-20-22)17(23)21(15)9-14-4-3-7-24-14/h3-8,10,15-16H,9H2,1-2H3/t15-,16-/m0/s1. The van der Waals surface area contributed by atoms with Gasteiger partial charge in [0, 0.05) is 4.88 Å². The highest BCUT2D eigenvalue weighted by atomic mass is 32.1. The van der Waals surface area contributed by atoms with Crippen LogP contribution in [0.25, 0.3) is 0 Å². The van der Waals surface area contributed by atoms with Crippen molar-refractivity contribution in [3.8, 4) is 0 Å². The molecule has 24 heavy (non-hydrogen) atoms. The Morgan fingerprint density at radius 1 is 1.17 bits per heavy atom. The van der Waals surface area contributed by atoms with Crippen LogP contribution in [0.15, 0.2) is 42.0 Å². The largest absolute Gasteiger partial charge is 0.326 e. The molecule has 0 radical (unpaired) electrons. The van der Waals surface area contributed by atoms with Gasteiger partial charge in [0.15, 0.2) is 6.04 Å². The van der Waals surface area contributed by atoms with Crippen LogP contribution >= 0.6 is 11.3 Å². The Labute approximate surface area is 143 Å². The summed E-state index contributed by atoms with van der Waals surface area (Å²) in [5, 5.41) is 13.3.